The van der Waals surface area contributed by atoms with Crippen molar-refractivity contribution in [3.8, 4) is 0 Å². The van der Waals surface area contributed by atoms with E-state index in [-0.39, 0.29) is 11.8 Å². The fourth-order valence-corrected chi connectivity index (χ4v) is 3.84. The van der Waals surface area contributed by atoms with E-state index >= 15 is 0 Å². The predicted octanol–water partition coefficient (Wildman–Crippen LogP) is 3.01. The Bertz CT molecular complexity index is 926. The van der Waals surface area contributed by atoms with Crippen LogP contribution in [-0.4, -0.2) is 46.3 Å². The molecular weight excluding hydrogens is 374 g/mol. The number of fused-ring (bicyclic) bond motifs is 1. The van der Waals surface area contributed by atoms with Gasteiger partial charge in [-0.05, 0) is 36.6 Å². The van der Waals surface area contributed by atoms with E-state index in [0.717, 1.165) is 42.2 Å². The lowest BCUT2D eigenvalue weighted by Gasteiger charge is -2.27. The molecule has 8 heteroatoms. The number of piperidine rings is 1. The lowest BCUT2D eigenvalue weighted by molar-refractivity contribution is -0.126. The molecule has 0 aliphatic carbocycles. The molecule has 2 aliphatic rings. The highest BCUT2D eigenvalue weighted by molar-refractivity contribution is 7.10. The normalized spacial score (nSPS) is 16.9. The molecule has 2 aromatic heterocycles. The molecule has 0 spiro atoms. The standard InChI is InChI=1S/C20H21N5O2S/c26-17-3-6-21-16-11-15(13-23-20(16)24-17)1-2-19(27)25-8-4-14(5-9-25)12-18-22-7-10-28-18/h1-2,7,10-13,21H,3-6,8-9H2,(H,23,24,26)/b2-1+. The van der Waals surface area contributed by atoms with Gasteiger partial charge in [0, 0.05) is 49.9 Å². The first-order chi connectivity index (χ1) is 13.7. The van der Waals surface area contributed by atoms with Crippen LogP contribution in [0.1, 0.15) is 29.8 Å². The molecule has 0 atom stereocenters. The Hall–Kier alpha value is -3.00. The molecule has 2 amide bonds. The largest absolute Gasteiger partial charge is 0.382 e. The van der Waals surface area contributed by atoms with E-state index in [2.05, 4.69) is 26.7 Å². The zero-order valence-electron chi connectivity index (χ0n) is 15.4. The Balaban J connectivity index is 1.36. The van der Waals surface area contributed by atoms with Gasteiger partial charge in [-0.3, -0.25) is 9.59 Å². The molecule has 2 aliphatic heterocycles. The second-order valence-electron chi connectivity index (χ2n) is 6.72. The van der Waals surface area contributed by atoms with Crippen molar-refractivity contribution in [1.82, 2.24) is 14.9 Å². The van der Waals surface area contributed by atoms with Crippen LogP contribution >= 0.6 is 11.3 Å². The van der Waals surface area contributed by atoms with Gasteiger partial charge in [-0.2, -0.15) is 0 Å². The quantitative estimate of drug-likeness (QED) is 0.780. The van der Waals surface area contributed by atoms with Crippen molar-refractivity contribution < 1.29 is 9.59 Å². The van der Waals surface area contributed by atoms with Gasteiger partial charge in [0.25, 0.3) is 0 Å². The molecule has 4 rings (SSSR count). The number of likely N-dealkylation sites (tertiary alicyclic amines) is 1. The van der Waals surface area contributed by atoms with Gasteiger partial charge in [0.15, 0.2) is 5.82 Å². The number of carbonyl (C=O) groups excluding carboxylic acids is 2. The summed E-state index contributed by atoms with van der Waals surface area (Å²) in [7, 11) is 0. The Labute approximate surface area is 167 Å². The minimum absolute atomic E-state index is 0.00417. The molecule has 0 unspecified atom stereocenters. The third-order valence-corrected chi connectivity index (χ3v) is 5.47. The molecule has 1 fully saturated rings. The van der Waals surface area contributed by atoms with Gasteiger partial charge < -0.3 is 15.5 Å². The van der Waals surface area contributed by atoms with Gasteiger partial charge >= 0.3 is 0 Å². The Morgan fingerprint density at radius 3 is 2.86 bits per heavy atom. The Kier molecular flexibility index (Phi) is 5.48. The molecule has 2 N–H and O–H groups in total. The minimum Gasteiger partial charge on any atom is -0.382 e. The summed E-state index contributed by atoms with van der Waals surface area (Å²) in [5.74, 6) is 0.483. The number of rotatable bonds is 3. The van der Waals surface area contributed by atoms with Crippen molar-refractivity contribution in [3.63, 3.8) is 0 Å². The fourth-order valence-electron chi connectivity index (χ4n) is 3.22. The summed E-state index contributed by atoms with van der Waals surface area (Å²) in [6.07, 6.45) is 11.1. The highest BCUT2D eigenvalue weighted by atomic mass is 32.1. The summed E-state index contributed by atoms with van der Waals surface area (Å²) >= 11 is 1.63. The molecular formula is C20H21N5O2S. The zero-order chi connectivity index (χ0) is 19.3. The first-order valence-electron chi connectivity index (χ1n) is 9.27. The molecule has 2 aromatic rings. The molecule has 0 aromatic carbocycles. The average Bonchev–Trinajstić information content (AvgIpc) is 3.14. The smallest absolute Gasteiger partial charge is 0.246 e. The lowest BCUT2D eigenvalue weighted by Crippen LogP contribution is -2.35. The Morgan fingerprint density at radius 1 is 1.21 bits per heavy atom. The van der Waals surface area contributed by atoms with Crippen molar-refractivity contribution in [3.05, 3.63) is 46.1 Å². The molecule has 1 saturated heterocycles. The van der Waals surface area contributed by atoms with Gasteiger partial charge in [-0.25, -0.2) is 9.97 Å². The second-order valence-corrected chi connectivity index (χ2v) is 7.65. The van der Waals surface area contributed by atoms with E-state index in [1.165, 1.54) is 5.57 Å². The average molecular weight is 395 g/mol. The summed E-state index contributed by atoms with van der Waals surface area (Å²) in [5, 5.41) is 8.94. The van der Waals surface area contributed by atoms with Gasteiger partial charge in [0.05, 0.1) is 5.69 Å². The monoisotopic (exact) mass is 395 g/mol. The van der Waals surface area contributed by atoms with Gasteiger partial charge in [0.2, 0.25) is 11.8 Å². The topological polar surface area (TPSA) is 87.2 Å². The summed E-state index contributed by atoms with van der Waals surface area (Å²) in [5.41, 5.74) is 2.93. The second kappa shape index (κ2) is 8.35. The molecule has 0 radical (unpaired) electrons. The number of amides is 2. The van der Waals surface area contributed by atoms with Crippen LogP contribution in [0.5, 0.6) is 0 Å². The number of carbonyl (C=O) groups is 2. The van der Waals surface area contributed by atoms with E-state index in [0.29, 0.717) is 18.8 Å². The van der Waals surface area contributed by atoms with Crippen LogP contribution in [0, 0.1) is 0 Å². The van der Waals surface area contributed by atoms with Crippen LogP contribution in [0.15, 0.2) is 35.5 Å². The SMILES string of the molecule is O=C1CCNc2cc(/C=C/C(=O)N3CCC(=Cc4nccs4)CC3)cnc2N1. The molecule has 144 valence electrons. The van der Waals surface area contributed by atoms with Crippen molar-refractivity contribution >= 4 is 46.8 Å². The molecule has 4 heterocycles. The molecule has 0 saturated carbocycles. The number of nitrogens with one attached hydrogen (secondary N) is 2. The number of aromatic nitrogens is 2. The Morgan fingerprint density at radius 2 is 2.07 bits per heavy atom. The van der Waals surface area contributed by atoms with Crippen LogP contribution < -0.4 is 10.6 Å². The van der Waals surface area contributed by atoms with Crippen molar-refractivity contribution in [2.45, 2.75) is 19.3 Å². The van der Waals surface area contributed by atoms with Crippen LogP contribution in [0.3, 0.4) is 0 Å². The summed E-state index contributed by atoms with van der Waals surface area (Å²) in [6.45, 7) is 2.00. The van der Waals surface area contributed by atoms with E-state index < -0.39 is 0 Å². The van der Waals surface area contributed by atoms with E-state index in [9.17, 15) is 9.59 Å². The van der Waals surface area contributed by atoms with E-state index in [1.807, 2.05) is 16.3 Å². The van der Waals surface area contributed by atoms with Gasteiger partial charge in [0.1, 0.15) is 5.01 Å². The summed E-state index contributed by atoms with van der Waals surface area (Å²) < 4.78 is 0. The number of hydrogen-bond donors (Lipinski definition) is 2. The van der Waals surface area contributed by atoms with Gasteiger partial charge in [-0.1, -0.05) is 5.57 Å². The van der Waals surface area contributed by atoms with Crippen LogP contribution in [0.4, 0.5) is 11.5 Å². The summed E-state index contributed by atoms with van der Waals surface area (Å²) in [6, 6.07) is 1.89. The third kappa shape index (κ3) is 4.45. The van der Waals surface area contributed by atoms with Crippen molar-refractivity contribution in [2.24, 2.45) is 0 Å². The maximum Gasteiger partial charge on any atom is 0.246 e. The fraction of sp³-hybridized carbons (Fsp3) is 0.300. The van der Waals surface area contributed by atoms with Gasteiger partial charge in [-0.15, -0.1) is 11.3 Å². The maximum atomic E-state index is 12.5. The molecule has 0 bridgehead atoms. The van der Waals surface area contributed by atoms with Crippen LogP contribution in [-0.2, 0) is 9.59 Å². The highest BCUT2D eigenvalue weighted by Crippen LogP contribution is 2.24. The minimum atomic E-state index is -0.0504. The lowest BCUT2D eigenvalue weighted by atomic mass is 10.0. The van der Waals surface area contributed by atoms with Crippen molar-refractivity contribution in [1.29, 1.82) is 0 Å². The van der Waals surface area contributed by atoms with E-state index in [4.69, 9.17) is 0 Å². The highest BCUT2D eigenvalue weighted by Gasteiger charge is 2.18. The van der Waals surface area contributed by atoms with E-state index in [1.54, 1.807) is 35.9 Å². The van der Waals surface area contributed by atoms with Crippen molar-refractivity contribution in [2.75, 3.05) is 30.3 Å². The van der Waals surface area contributed by atoms with Crippen LogP contribution in [0.2, 0.25) is 0 Å². The molecule has 7 nitrogen and oxygen atoms in total. The van der Waals surface area contributed by atoms with Crippen LogP contribution in [0.25, 0.3) is 12.2 Å². The predicted molar refractivity (Wildman–Crippen MR) is 111 cm³/mol. The number of anilines is 2. The third-order valence-electron chi connectivity index (χ3n) is 4.75. The maximum absolute atomic E-state index is 12.5. The first-order valence-corrected chi connectivity index (χ1v) is 10.1. The first kappa shape index (κ1) is 18.4. The summed E-state index contributed by atoms with van der Waals surface area (Å²) in [4.78, 5) is 34.5. The number of pyridine rings is 1. The zero-order valence-corrected chi connectivity index (χ0v) is 16.2. The number of hydrogen-bond acceptors (Lipinski definition) is 6. The number of thiazole rings is 1. The number of nitrogens with zero attached hydrogens (tertiary/aromatic N) is 3. The molecule has 28 heavy (non-hydrogen) atoms.